The van der Waals surface area contributed by atoms with Crippen molar-refractivity contribution in [1.82, 2.24) is 0 Å². The van der Waals surface area contributed by atoms with Crippen LogP contribution in [0.5, 0.6) is 0 Å². The van der Waals surface area contributed by atoms with Crippen LogP contribution in [0.25, 0.3) is 0 Å². The molecule has 2 aromatic rings. The van der Waals surface area contributed by atoms with E-state index >= 15 is 0 Å². The Balaban J connectivity index is 0.915. The summed E-state index contributed by atoms with van der Waals surface area (Å²) in [5.74, 6) is 0. The third kappa shape index (κ3) is 54.1. The first-order chi connectivity index (χ1) is 49.1. The van der Waals surface area contributed by atoms with E-state index in [1.807, 2.05) is 42.6 Å². The second kappa shape index (κ2) is 70.5. The minimum atomic E-state index is -0.301. The standard InChI is InChI=1S/C69H118N2O27S/c1-69(2)66-63-65(99-98-97-72)12-13-67(66)71(68(69)11-7-8-14-70-64-9-5-4-6-10-64)15-16-74-19-20-76-23-24-78-27-28-80-31-32-82-35-36-84-39-40-86-43-44-88-47-48-90-51-52-92-55-56-94-59-60-96-62-61-95-58-57-93-54-53-91-50-49-89-46-45-87-42-41-85-38-37-83-34-33-81-30-29-79-26-25-77-22-21-75-18-17-73-3/h4-7,9-14,63H,8,15-62H2,1-3H3/p+1/b11-7+,70-14?. The Labute approximate surface area is 592 Å². The van der Waals surface area contributed by atoms with Gasteiger partial charge in [0.2, 0.25) is 5.69 Å². The molecule has 1 N–H and O–H groups in total. The van der Waals surface area contributed by atoms with E-state index in [4.69, 9.17) is 123 Å². The summed E-state index contributed by atoms with van der Waals surface area (Å²) < 4.78 is 140. The largest absolute Gasteiger partial charge is 0.382 e. The van der Waals surface area contributed by atoms with Crippen LogP contribution in [-0.2, 0) is 128 Å². The monoisotopic (exact) mass is 1440 g/mol. The van der Waals surface area contributed by atoms with Gasteiger partial charge in [-0.15, -0.1) is 4.33 Å². The van der Waals surface area contributed by atoms with E-state index in [0.717, 1.165) is 39.6 Å². The van der Waals surface area contributed by atoms with Gasteiger partial charge in [-0.2, -0.15) is 4.58 Å². The predicted molar refractivity (Wildman–Crippen MR) is 369 cm³/mol. The van der Waals surface area contributed by atoms with E-state index in [9.17, 15) is 0 Å². The van der Waals surface area contributed by atoms with Crippen molar-refractivity contribution in [2.24, 2.45) is 4.99 Å². The molecule has 0 radical (unpaired) electrons. The number of benzene rings is 2. The van der Waals surface area contributed by atoms with Crippen LogP contribution < -0.4 is 0 Å². The molecule has 1 heterocycles. The summed E-state index contributed by atoms with van der Waals surface area (Å²) in [7, 11) is 1.64. The van der Waals surface area contributed by atoms with Crippen molar-refractivity contribution in [3.05, 3.63) is 66.2 Å². The van der Waals surface area contributed by atoms with Crippen LogP contribution in [0, 0.1) is 0 Å². The van der Waals surface area contributed by atoms with Crippen LogP contribution in [0.15, 0.2) is 70.6 Å². The van der Waals surface area contributed by atoms with Crippen LogP contribution in [0.3, 0.4) is 0 Å². The maximum absolute atomic E-state index is 8.67. The van der Waals surface area contributed by atoms with Crippen LogP contribution in [0.2, 0.25) is 0 Å². The number of para-hydroxylation sites is 1. The summed E-state index contributed by atoms with van der Waals surface area (Å²) in [5, 5.41) is 12.5. The SMILES string of the molecule is COCCOCCOCCOCCOCCOCCOCCOCCOCCOCCOCCOCCOCCOCCOCCOCCOCCOCCOCCOCCOCCOCCOCCOCC[N+]1=C(/C=C/CC=Nc2ccccc2)C(C)(C)c2cc(SOOO)ccc21. The van der Waals surface area contributed by atoms with Gasteiger partial charge in [-0.05, 0) is 38.1 Å². The highest BCUT2D eigenvalue weighted by molar-refractivity contribution is 7.94. The van der Waals surface area contributed by atoms with Crippen molar-refractivity contribution < 1.29 is 133 Å². The van der Waals surface area contributed by atoms with Gasteiger partial charge in [0.15, 0.2) is 12.3 Å². The normalized spacial score (nSPS) is 13.1. The van der Waals surface area contributed by atoms with Crippen molar-refractivity contribution in [2.45, 2.75) is 30.6 Å². The first kappa shape index (κ1) is 90.0. The van der Waals surface area contributed by atoms with E-state index in [1.54, 1.807) is 7.11 Å². The van der Waals surface area contributed by atoms with Crippen molar-refractivity contribution in [3.63, 3.8) is 0 Å². The van der Waals surface area contributed by atoms with E-state index < -0.39 is 0 Å². The summed E-state index contributed by atoms with van der Waals surface area (Å²) in [5.41, 5.74) is 3.99. The van der Waals surface area contributed by atoms with Gasteiger partial charge in [0.1, 0.15) is 6.61 Å². The Hall–Kier alpha value is -3.21. The number of allylic oxidation sites excluding steroid dienone is 2. The van der Waals surface area contributed by atoms with Gasteiger partial charge in [-0.3, -0.25) is 4.99 Å². The van der Waals surface area contributed by atoms with Gasteiger partial charge in [-0.1, -0.05) is 29.3 Å². The third-order valence-electron chi connectivity index (χ3n) is 13.6. The van der Waals surface area contributed by atoms with E-state index in [2.05, 4.69) is 52.7 Å². The fourth-order valence-corrected chi connectivity index (χ4v) is 9.05. The minimum Gasteiger partial charge on any atom is -0.382 e. The fourth-order valence-electron chi connectivity index (χ4n) is 8.65. The molecular weight excluding hydrogens is 1320 g/mol. The molecule has 0 aromatic heterocycles. The molecule has 0 aliphatic carbocycles. The maximum atomic E-state index is 8.67. The Kier molecular flexibility index (Phi) is 64.0. The molecule has 572 valence electrons. The Morgan fingerprint density at radius 1 is 0.364 bits per heavy atom. The molecule has 0 amide bonds. The van der Waals surface area contributed by atoms with Crippen LogP contribution >= 0.6 is 12.0 Å². The summed E-state index contributed by atoms with van der Waals surface area (Å²) in [4.78, 5) is 5.36. The van der Waals surface area contributed by atoms with Gasteiger partial charge in [-0.25, -0.2) is 5.26 Å². The average Bonchev–Trinajstić information content (AvgIpc) is 1.60. The molecule has 0 spiro atoms. The first-order valence-electron chi connectivity index (χ1n) is 34.5. The van der Waals surface area contributed by atoms with Gasteiger partial charge < -0.3 is 114 Å². The number of fused-ring (bicyclic) bond motifs is 1. The Morgan fingerprint density at radius 3 is 0.909 bits per heavy atom. The average molecular weight is 1440 g/mol. The maximum Gasteiger partial charge on any atom is 0.209 e. The molecule has 29 nitrogen and oxygen atoms in total. The number of methoxy groups -OCH3 is 1. The fraction of sp³-hybridized carbons (Fsp3) is 0.768. The molecule has 0 fully saturated rings. The Morgan fingerprint density at radius 2 is 0.636 bits per heavy atom. The molecule has 0 bridgehead atoms. The lowest BCUT2D eigenvalue weighted by Gasteiger charge is -2.16. The van der Waals surface area contributed by atoms with E-state index in [1.165, 1.54) is 0 Å². The summed E-state index contributed by atoms with van der Waals surface area (Å²) in [6.07, 6.45) is 6.88. The molecule has 0 atom stereocenters. The summed E-state index contributed by atoms with van der Waals surface area (Å²) in [6.45, 7) is 28.1. The lowest BCUT2D eigenvalue weighted by atomic mass is 9.81. The lowest BCUT2D eigenvalue weighted by Crippen LogP contribution is -2.29. The van der Waals surface area contributed by atoms with Crippen LogP contribution in [0.4, 0.5) is 11.4 Å². The minimum absolute atomic E-state index is 0.301. The highest BCUT2D eigenvalue weighted by atomic mass is 32.2. The first-order valence-corrected chi connectivity index (χ1v) is 35.3. The second-order valence-corrected chi connectivity index (χ2v) is 22.2. The van der Waals surface area contributed by atoms with E-state index in [0.29, 0.717) is 323 Å². The number of ether oxygens (including phenoxy) is 24. The zero-order valence-electron chi connectivity index (χ0n) is 59.4. The van der Waals surface area contributed by atoms with Crippen LogP contribution in [-0.4, -0.2) is 346 Å². The molecular formula is C69H119N2O27S+. The highest BCUT2D eigenvalue weighted by Crippen LogP contribution is 2.42. The molecule has 0 saturated carbocycles. The van der Waals surface area contributed by atoms with E-state index in [-0.39, 0.29) is 5.41 Å². The molecule has 0 unspecified atom stereocenters. The predicted octanol–water partition coefficient (Wildman–Crippen LogP) is 5.87. The van der Waals surface area contributed by atoms with Crippen molar-refractivity contribution in [2.75, 3.05) is 324 Å². The third-order valence-corrected chi connectivity index (χ3v) is 14.2. The van der Waals surface area contributed by atoms with Gasteiger partial charge >= 0.3 is 0 Å². The van der Waals surface area contributed by atoms with Crippen molar-refractivity contribution in [3.8, 4) is 0 Å². The quantitative estimate of drug-likeness (QED) is 0.0202. The molecule has 30 heteroatoms. The smallest absolute Gasteiger partial charge is 0.209 e. The second-order valence-electron chi connectivity index (χ2n) is 21.4. The molecule has 3 rings (SSSR count). The number of hydrogen-bond acceptors (Lipinski definition) is 29. The van der Waals surface area contributed by atoms with Crippen LogP contribution in [0.1, 0.15) is 25.8 Å². The zero-order valence-corrected chi connectivity index (χ0v) is 60.2. The van der Waals surface area contributed by atoms with Crippen molar-refractivity contribution in [1.29, 1.82) is 0 Å². The summed E-state index contributed by atoms with van der Waals surface area (Å²) in [6, 6.07) is 15.9. The Bertz CT molecular complexity index is 2150. The molecule has 0 saturated heterocycles. The van der Waals surface area contributed by atoms with Crippen molar-refractivity contribution >= 4 is 35.3 Å². The number of nitrogens with zero attached hydrogens (tertiary/aromatic N) is 2. The topological polar surface area (TPSA) is 276 Å². The molecule has 99 heavy (non-hydrogen) atoms. The van der Waals surface area contributed by atoms with Gasteiger partial charge in [0.25, 0.3) is 0 Å². The number of aliphatic imine (C=N–C) groups is 1. The summed E-state index contributed by atoms with van der Waals surface area (Å²) >= 11 is 0.948. The van der Waals surface area contributed by atoms with Gasteiger partial charge in [0, 0.05) is 42.3 Å². The number of hydrogen-bond donors (Lipinski definition) is 1. The highest BCUT2D eigenvalue weighted by Gasteiger charge is 2.44. The molecule has 2 aromatic carbocycles. The van der Waals surface area contributed by atoms with Gasteiger partial charge in [0.05, 0.1) is 327 Å². The molecule has 1 aliphatic rings. The lowest BCUT2D eigenvalue weighted by molar-refractivity contribution is -0.442. The molecule has 1 aliphatic heterocycles. The zero-order chi connectivity index (χ0) is 70.2. The number of rotatable bonds is 79.